The van der Waals surface area contributed by atoms with Crippen LogP contribution in [0.2, 0.25) is 5.02 Å². The van der Waals surface area contributed by atoms with Crippen molar-refractivity contribution in [2.45, 2.75) is 38.7 Å². The van der Waals surface area contributed by atoms with Crippen molar-refractivity contribution in [1.29, 1.82) is 0 Å². The maximum atomic E-state index is 10.4. The third-order valence-corrected chi connectivity index (χ3v) is 4.44. The second-order valence-electron chi connectivity index (χ2n) is 5.78. The lowest BCUT2D eigenvalue weighted by molar-refractivity contribution is 0.220. The predicted molar refractivity (Wildman–Crippen MR) is 85.3 cm³/mol. The van der Waals surface area contributed by atoms with Crippen molar-refractivity contribution in [1.82, 2.24) is 0 Å². The molecular weight excluding hydrogens is 268 g/mol. The summed E-state index contributed by atoms with van der Waals surface area (Å²) in [6.07, 6.45) is 0.405. The number of hydrogen-bond donors (Lipinski definition) is 1. The van der Waals surface area contributed by atoms with Crippen molar-refractivity contribution in [3.8, 4) is 0 Å². The standard InChI is InChI=1S/C18H21ClO/c1-4-18(2,3)14-11-9-13(10-12-14)17(20)15-7-5-6-8-16(15)19/h5-12,17,20H,4H2,1-3H3. The zero-order valence-corrected chi connectivity index (χ0v) is 13.0. The summed E-state index contributed by atoms with van der Waals surface area (Å²) in [5.41, 5.74) is 3.06. The number of rotatable bonds is 4. The Kier molecular flexibility index (Phi) is 4.52. The van der Waals surface area contributed by atoms with Gasteiger partial charge in [0.15, 0.2) is 0 Å². The van der Waals surface area contributed by atoms with Crippen LogP contribution in [0.15, 0.2) is 48.5 Å². The molecule has 2 aromatic carbocycles. The van der Waals surface area contributed by atoms with Gasteiger partial charge in [0.05, 0.1) is 0 Å². The van der Waals surface area contributed by atoms with E-state index in [1.165, 1.54) is 5.56 Å². The first-order valence-corrected chi connectivity index (χ1v) is 7.36. The van der Waals surface area contributed by atoms with Gasteiger partial charge in [-0.3, -0.25) is 0 Å². The zero-order valence-electron chi connectivity index (χ0n) is 12.2. The maximum Gasteiger partial charge on any atom is 0.105 e. The summed E-state index contributed by atoms with van der Waals surface area (Å²) in [6, 6.07) is 15.6. The van der Waals surface area contributed by atoms with E-state index in [9.17, 15) is 5.11 Å². The van der Waals surface area contributed by atoms with Crippen molar-refractivity contribution >= 4 is 11.6 Å². The molecule has 0 aliphatic carbocycles. The molecule has 0 heterocycles. The molecule has 1 atom stereocenters. The molecule has 0 saturated carbocycles. The van der Waals surface area contributed by atoms with Crippen LogP contribution < -0.4 is 0 Å². The number of benzene rings is 2. The first-order valence-electron chi connectivity index (χ1n) is 6.98. The molecule has 0 radical (unpaired) electrons. The fourth-order valence-electron chi connectivity index (χ4n) is 2.20. The molecule has 0 aliphatic rings. The van der Waals surface area contributed by atoms with Gasteiger partial charge in [-0.25, -0.2) is 0 Å². The van der Waals surface area contributed by atoms with Gasteiger partial charge >= 0.3 is 0 Å². The van der Waals surface area contributed by atoms with Crippen LogP contribution in [-0.4, -0.2) is 5.11 Å². The maximum absolute atomic E-state index is 10.4. The highest BCUT2D eigenvalue weighted by Crippen LogP contribution is 2.31. The second kappa shape index (κ2) is 5.99. The van der Waals surface area contributed by atoms with Crippen LogP contribution in [0.5, 0.6) is 0 Å². The second-order valence-corrected chi connectivity index (χ2v) is 6.19. The monoisotopic (exact) mass is 288 g/mol. The minimum Gasteiger partial charge on any atom is -0.384 e. The number of aliphatic hydroxyl groups excluding tert-OH is 1. The minimum absolute atomic E-state index is 0.161. The summed E-state index contributed by atoms with van der Waals surface area (Å²) in [6.45, 7) is 6.64. The van der Waals surface area contributed by atoms with Crippen molar-refractivity contribution < 1.29 is 5.11 Å². The first kappa shape index (κ1) is 15.1. The molecule has 20 heavy (non-hydrogen) atoms. The van der Waals surface area contributed by atoms with Gasteiger partial charge in [0.1, 0.15) is 6.10 Å². The Morgan fingerprint density at radius 2 is 1.65 bits per heavy atom. The quantitative estimate of drug-likeness (QED) is 0.829. The highest BCUT2D eigenvalue weighted by Gasteiger charge is 2.19. The van der Waals surface area contributed by atoms with Crippen LogP contribution >= 0.6 is 11.6 Å². The topological polar surface area (TPSA) is 20.2 Å². The van der Waals surface area contributed by atoms with Gasteiger partial charge in [0.2, 0.25) is 0 Å². The van der Waals surface area contributed by atoms with E-state index in [0.29, 0.717) is 5.02 Å². The Balaban J connectivity index is 2.29. The molecule has 2 aromatic rings. The predicted octanol–water partition coefficient (Wildman–Crippen LogP) is 5.11. The zero-order chi connectivity index (χ0) is 14.8. The van der Waals surface area contributed by atoms with E-state index in [0.717, 1.165) is 17.5 Å². The normalized spacial score (nSPS) is 13.2. The molecule has 2 heteroatoms. The largest absolute Gasteiger partial charge is 0.384 e. The summed E-state index contributed by atoms with van der Waals surface area (Å²) < 4.78 is 0. The van der Waals surface area contributed by atoms with E-state index < -0.39 is 6.10 Å². The highest BCUT2D eigenvalue weighted by atomic mass is 35.5. The lowest BCUT2D eigenvalue weighted by Crippen LogP contribution is -2.15. The van der Waals surface area contributed by atoms with Crippen LogP contribution in [0.4, 0.5) is 0 Å². The Morgan fingerprint density at radius 3 is 2.20 bits per heavy atom. The smallest absolute Gasteiger partial charge is 0.105 e. The number of halogens is 1. The third-order valence-electron chi connectivity index (χ3n) is 4.09. The molecule has 0 fully saturated rings. The lowest BCUT2D eigenvalue weighted by atomic mass is 9.81. The molecule has 2 rings (SSSR count). The van der Waals surface area contributed by atoms with Gasteiger partial charge in [0.25, 0.3) is 0 Å². The van der Waals surface area contributed by atoms with Gasteiger partial charge < -0.3 is 5.11 Å². The number of aliphatic hydroxyl groups is 1. The lowest BCUT2D eigenvalue weighted by Gasteiger charge is -2.24. The summed E-state index contributed by atoms with van der Waals surface area (Å²) in [5.74, 6) is 0. The minimum atomic E-state index is -0.678. The summed E-state index contributed by atoms with van der Waals surface area (Å²) in [7, 11) is 0. The van der Waals surface area contributed by atoms with Gasteiger partial charge in [0, 0.05) is 10.6 Å². The van der Waals surface area contributed by atoms with E-state index >= 15 is 0 Å². The van der Waals surface area contributed by atoms with Crippen molar-refractivity contribution in [3.05, 3.63) is 70.2 Å². The van der Waals surface area contributed by atoms with Crippen LogP contribution in [0.1, 0.15) is 50.0 Å². The SMILES string of the molecule is CCC(C)(C)c1ccc(C(O)c2ccccc2Cl)cc1. The van der Waals surface area contributed by atoms with Crippen LogP contribution in [0.25, 0.3) is 0 Å². The summed E-state index contributed by atoms with van der Waals surface area (Å²) >= 11 is 6.14. The van der Waals surface area contributed by atoms with Gasteiger partial charge in [-0.1, -0.05) is 74.8 Å². The summed E-state index contributed by atoms with van der Waals surface area (Å²) in [5, 5.41) is 11.0. The Morgan fingerprint density at radius 1 is 1.05 bits per heavy atom. The van der Waals surface area contributed by atoms with E-state index in [4.69, 9.17) is 11.6 Å². The molecule has 1 nitrogen and oxygen atoms in total. The van der Waals surface area contributed by atoms with E-state index in [1.54, 1.807) is 6.07 Å². The molecule has 0 aromatic heterocycles. The van der Waals surface area contributed by atoms with Gasteiger partial charge in [-0.15, -0.1) is 0 Å². The van der Waals surface area contributed by atoms with Crippen molar-refractivity contribution in [3.63, 3.8) is 0 Å². The molecular formula is C18H21ClO. The average Bonchev–Trinajstić information content (AvgIpc) is 2.47. The molecule has 0 aliphatic heterocycles. The fraction of sp³-hybridized carbons (Fsp3) is 0.333. The van der Waals surface area contributed by atoms with Gasteiger partial charge in [-0.2, -0.15) is 0 Å². The molecule has 1 unspecified atom stereocenters. The Bertz CT molecular complexity index is 572. The average molecular weight is 289 g/mol. The van der Waals surface area contributed by atoms with Crippen molar-refractivity contribution in [2.24, 2.45) is 0 Å². The molecule has 0 bridgehead atoms. The summed E-state index contributed by atoms with van der Waals surface area (Å²) in [4.78, 5) is 0. The van der Waals surface area contributed by atoms with Crippen molar-refractivity contribution in [2.75, 3.05) is 0 Å². The fourth-order valence-corrected chi connectivity index (χ4v) is 2.44. The van der Waals surface area contributed by atoms with E-state index in [-0.39, 0.29) is 5.41 Å². The van der Waals surface area contributed by atoms with E-state index in [2.05, 4.69) is 32.9 Å². The molecule has 106 valence electrons. The van der Waals surface area contributed by atoms with E-state index in [1.807, 2.05) is 30.3 Å². The Hall–Kier alpha value is -1.31. The molecule has 0 spiro atoms. The highest BCUT2D eigenvalue weighted by molar-refractivity contribution is 6.31. The Labute approximate surface area is 126 Å². The molecule has 1 N–H and O–H groups in total. The van der Waals surface area contributed by atoms with Gasteiger partial charge in [-0.05, 0) is 29.0 Å². The third kappa shape index (κ3) is 3.05. The van der Waals surface area contributed by atoms with Crippen LogP contribution in [-0.2, 0) is 5.41 Å². The molecule has 0 saturated heterocycles. The van der Waals surface area contributed by atoms with Crippen LogP contribution in [0, 0.1) is 0 Å². The van der Waals surface area contributed by atoms with Crippen LogP contribution in [0.3, 0.4) is 0 Å². The number of hydrogen-bond acceptors (Lipinski definition) is 1. The first-order chi connectivity index (χ1) is 9.45. The molecule has 0 amide bonds.